The van der Waals surface area contributed by atoms with Crippen molar-refractivity contribution in [3.63, 3.8) is 0 Å². The summed E-state index contributed by atoms with van der Waals surface area (Å²) in [5, 5.41) is 0. The van der Waals surface area contributed by atoms with Crippen molar-refractivity contribution in [2.75, 3.05) is 43.5 Å². The largest absolute Gasteiger partial charge is 0.399 e. The van der Waals surface area contributed by atoms with Gasteiger partial charge in [0.2, 0.25) is 0 Å². The van der Waals surface area contributed by atoms with E-state index in [1.807, 2.05) is 13.0 Å². The van der Waals surface area contributed by atoms with Crippen LogP contribution in [-0.4, -0.2) is 39.0 Å². The Hall–Kier alpha value is -1.26. The Kier molecular flexibility index (Phi) is 8.16. The lowest BCUT2D eigenvalue weighted by molar-refractivity contribution is 0.0127. The Balaban J connectivity index is 2.29. The van der Waals surface area contributed by atoms with Gasteiger partial charge in [0.15, 0.2) is 0 Å². The molecule has 4 heteroatoms. The number of nitrogens with zero attached hydrogens (tertiary/aromatic N) is 1. The van der Waals surface area contributed by atoms with E-state index in [2.05, 4.69) is 37.8 Å². The molecular formula is C17H30N2O2. The van der Waals surface area contributed by atoms with Crippen molar-refractivity contribution >= 4 is 11.4 Å². The second-order valence-corrected chi connectivity index (χ2v) is 5.32. The third-order valence-electron chi connectivity index (χ3n) is 3.71. The fraction of sp³-hybridized carbons (Fsp3) is 0.647. The molecule has 0 amide bonds. The summed E-state index contributed by atoms with van der Waals surface area (Å²) in [6.07, 6.45) is 1.36. The minimum absolute atomic E-state index is 0.318. The van der Waals surface area contributed by atoms with E-state index in [1.54, 1.807) is 0 Å². The number of anilines is 2. The van der Waals surface area contributed by atoms with Gasteiger partial charge < -0.3 is 20.1 Å². The molecule has 0 aromatic heterocycles. The zero-order chi connectivity index (χ0) is 15.7. The summed E-state index contributed by atoms with van der Waals surface area (Å²) in [5.74, 6) is 0. The van der Waals surface area contributed by atoms with Crippen LogP contribution in [0.2, 0.25) is 0 Å². The Morgan fingerprint density at radius 1 is 1.19 bits per heavy atom. The van der Waals surface area contributed by atoms with E-state index in [4.69, 9.17) is 15.2 Å². The average molecular weight is 294 g/mol. The molecule has 2 N–H and O–H groups in total. The number of benzene rings is 1. The van der Waals surface area contributed by atoms with Crippen LogP contribution < -0.4 is 10.6 Å². The maximum absolute atomic E-state index is 5.86. The first-order valence-corrected chi connectivity index (χ1v) is 7.88. The number of hydrogen-bond acceptors (Lipinski definition) is 4. The SMILES string of the molecule is CCC(C)OCCOCCN(CC)c1ccc(N)c(C)c1. The van der Waals surface area contributed by atoms with Crippen molar-refractivity contribution in [1.82, 2.24) is 0 Å². The molecular weight excluding hydrogens is 264 g/mol. The lowest BCUT2D eigenvalue weighted by Gasteiger charge is -2.24. The van der Waals surface area contributed by atoms with Gasteiger partial charge in [0.1, 0.15) is 0 Å². The van der Waals surface area contributed by atoms with Gasteiger partial charge >= 0.3 is 0 Å². The molecule has 0 radical (unpaired) electrons. The van der Waals surface area contributed by atoms with Gasteiger partial charge in [-0.3, -0.25) is 0 Å². The van der Waals surface area contributed by atoms with Crippen LogP contribution in [-0.2, 0) is 9.47 Å². The van der Waals surface area contributed by atoms with Crippen molar-refractivity contribution in [2.45, 2.75) is 40.2 Å². The Morgan fingerprint density at radius 2 is 1.95 bits per heavy atom. The van der Waals surface area contributed by atoms with E-state index in [-0.39, 0.29) is 0 Å². The summed E-state index contributed by atoms with van der Waals surface area (Å²) in [6, 6.07) is 6.16. The smallest absolute Gasteiger partial charge is 0.0704 e. The van der Waals surface area contributed by atoms with Crippen LogP contribution in [0.5, 0.6) is 0 Å². The van der Waals surface area contributed by atoms with Crippen LogP contribution in [0.25, 0.3) is 0 Å². The van der Waals surface area contributed by atoms with E-state index in [1.165, 1.54) is 5.69 Å². The topological polar surface area (TPSA) is 47.7 Å². The molecule has 0 spiro atoms. The lowest BCUT2D eigenvalue weighted by atomic mass is 10.1. The monoisotopic (exact) mass is 294 g/mol. The number of ether oxygens (including phenoxy) is 2. The Morgan fingerprint density at radius 3 is 2.57 bits per heavy atom. The second-order valence-electron chi connectivity index (χ2n) is 5.32. The first-order valence-electron chi connectivity index (χ1n) is 7.88. The van der Waals surface area contributed by atoms with Crippen LogP contribution in [0.15, 0.2) is 18.2 Å². The van der Waals surface area contributed by atoms with Gasteiger partial charge in [0, 0.05) is 24.5 Å². The summed E-state index contributed by atoms with van der Waals surface area (Å²) >= 11 is 0. The van der Waals surface area contributed by atoms with Crippen molar-refractivity contribution in [1.29, 1.82) is 0 Å². The average Bonchev–Trinajstić information content (AvgIpc) is 2.49. The third kappa shape index (κ3) is 6.36. The minimum atomic E-state index is 0.318. The zero-order valence-electron chi connectivity index (χ0n) is 13.9. The van der Waals surface area contributed by atoms with Crippen LogP contribution >= 0.6 is 0 Å². The van der Waals surface area contributed by atoms with E-state index in [0.29, 0.717) is 25.9 Å². The van der Waals surface area contributed by atoms with Crippen LogP contribution in [0, 0.1) is 6.92 Å². The van der Waals surface area contributed by atoms with E-state index in [9.17, 15) is 0 Å². The van der Waals surface area contributed by atoms with E-state index >= 15 is 0 Å². The molecule has 0 heterocycles. The van der Waals surface area contributed by atoms with Crippen LogP contribution in [0.3, 0.4) is 0 Å². The van der Waals surface area contributed by atoms with E-state index < -0.39 is 0 Å². The van der Waals surface area contributed by atoms with E-state index in [0.717, 1.165) is 30.8 Å². The maximum atomic E-state index is 5.86. The Labute approximate surface area is 129 Å². The van der Waals surface area contributed by atoms with Crippen LogP contribution in [0.1, 0.15) is 32.8 Å². The summed E-state index contributed by atoms with van der Waals surface area (Å²) in [6.45, 7) is 12.3. The molecule has 0 bridgehead atoms. The van der Waals surface area contributed by atoms with Gasteiger partial charge in [-0.25, -0.2) is 0 Å². The molecule has 1 aromatic carbocycles. The fourth-order valence-corrected chi connectivity index (χ4v) is 2.03. The Bertz CT molecular complexity index is 410. The van der Waals surface area contributed by atoms with Crippen molar-refractivity contribution in [3.05, 3.63) is 23.8 Å². The molecule has 0 fully saturated rings. The molecule has 0 aliphatic rings. The van der Waals surface area contributed by atoms with Crippen molar-refractivity contribution in [2.24, 2.45) is 0 Å². The summed E-state index contributed by atoms with van der Waals surface area (Å²) < 4.78 is 11.2. The van der Waals surface area contributed by atoms with Gasteiger partial charge in [-0.05, 0) is 51.0 Å². The van der Waals surface area contributed by atoms with Crippen molar-refractivity contribution < 1.29 is 9.47 Å². The molecule has 1 rings (SSSR count). The fourth-order valence-electron chi connectivity index (χ4n) is 2.03. The van der Waals surface area contributed by atoms with Gasteiger partial charge in [-0.1, -0.05) is 6.92 Å². The summed E-state index contributed by atoms with van der Waals surface area (Å²) in [4.78, 5) is 2.29. The van der Waals surface area contributed by atoms with Crippen molar-refractivity contribution in [3.8, 4) is 0 Å². The number of nitrogens with two attached hydrogens (primary N) is 1. The van der Waals surface area contributed by atoms with Gasteiger partial charge in [-0.15, -0.1) is 0 Å². The molecule has 21 heavy (non-hydrogen) atoms. The first-order chi connectivity index (χ1) is 10.1. The highest BCUT2D eigenvalue weighted by Crippen LogP contribution is 2.20. The lowest BCUT2D eigenvalue weighted by Crippen LogP contribution is -2.27. The van der Waals surface area contributed by atoms with Gasteiger partial charge in [0.25, 0.3) is 0 Å². The third-order valence-corrected chi connectivity index (χ3v) is 3.71. The van der Waals surface area contributed by atoms with Gasteiger partial charge in [0.05, 0.1) is 25.9 Å². The highest BCUT2D eigenvalue weighted by Gasteiger charge is 2.05. The molecule has 0 saturated carbocycles. The number of rotatable bonds is 10. The molecule has 4 nitrogen and oxygen atoms in total. The quantitative estimate of drug-likeness (QED) is 0.531. The number of likely N-dealkylation sites (N-methyl/N-ethyl adjacent to an activating group) is 1. The molecule has 1 atom stereocenters. The summed E-state index contributed by atoms with van der Waals surface area (Å²) in [7, 11) is 0. The predicted molar refractivity (Wildman–Crippen MR) is 90.0 cm³/mol. The number of hydrogen-bond donors (Lipinski definition) is 1. The molecule has 0 saturated heterocycles. The number of aryl methyl sites for hydroxylation is 1. The molecule has 120 valence electrons. The first kappa shape index (κ1) is 17.8. The minimum Gasteiger partial charge on any atom is -0.399 e. The number of nitrogen functional groups attached to an aromatic ring is 1. The molecule has 1 unspecified atom stereocenters. The van der Waals surface area contributed by atoms with Crippen LogP contribution in [0.4, 0.5) is 11.4 Å². The maximum Gasteiger partial charge on any atom is 0.0704 e. The molecule has 0 aliphatic carbocycles. The highest BCUT2D eigenvalue weighted by atomic mass is 16.5. The summed E-state index contributed by atoms with van der Waals surface area (Å²) in [5.41, 5.74) is 9.02. The normalized spacial score (nSPS) is 12.4. The highest BCUT2D eigenvalue weighted by molar-refractivity contribution is 5.57. The molecule has 1 aromatic rings. The van der Waals surface area contributed by atoms with Gasteiger partial charge in [-0.2, -0.15) is 0 Å². The second kappa shape index (κ2) is 9.64. The standard InChI is InChI=1S/C17H30N2O2/c1-5-15(4)21-12-11-20-10-9-19(6-2)16-7-8-17(18)14(3)13-16/h7-8,13,15H,5-6,9-12,18H2,1-4H3. The zero-order valence-corrected chi connectivity index (χ0v) is 13.9. The predicted octanol–water partition coefficient (Wildman–Crippen LogP) is 3.24. The molecule has 0 aliphatic heterocycles.